The van der Waals surface area contributed by atoms with E-state index in [4.69, 9.17) is 9.47 Å². The first-order valence-corrected chi connectivity index (χ1v) is 6.96. The lowest BCUT2D eigenvalue weighted by atomic mass is 9.97. The van der Waals surface area contributed by atoms with E-state index >= 15 is 0 Å². The third kappa shape index (κ3) is 3.89. The molecule has 0 saturated carbocycles. The molecule has 1 atom stereocenters. The number of amides is 1. The van der Waals surface area contributed by atoms with Crippen molar-refractivity contribution in [3.63, 3.8) is 0 Å². The van der Waals surface area contributed by atoms with Crippen LogP contribution in [0.2, 0.25) is 0 Å². The Labute approximate surface area is 124 Å². The van der Waals surface area contributed by atoms with Crippen molar-refractivity contribution in [2.24, 2.45) is 0 Å². The van der Waals surface area contributed by atoms with Gasteiger partial charge in [-0.05, 0) is 6.92 Å². The SMILES string of the molecule is CNC(=O)CC1(COC)CN(c2cc(C)ncn2)CCO1. The Morgan fingerprint density at radius 3 is 3.05 bits per heavy atom. The molecule has 2 heterocycles. The van der Waals surface area contributed by atoms with Gasteiger partial charge in [0.2, 0.25) is 5.91 Å². The molecule has 2 rings (SSSR count). The molecular formula is C14H22N4O3. The van der Waals surface area contributed by atoms with Crippen LogP contribution >= 0.6 is 0 Å². The van der Waals surface area contributed by atoms with Crippen LogP contribution in [0, 0.1) is 6.92 Å². The molecule has 116 valence electrons. The highest BCUT2D eigenvalue weighted by Gasteiger charge is 2.39. The van der Waals surface area contributed by atoms with Gasteiger partial charge in [0, 0.05) is 32.5 Å². The molecule has 7 heteroatoms. The van der Waals surface area contributed by atoms with Gasteiger partial charge in [0.05, 0.1) is 26.2 Å². The summed E-state index contributed by atoms with van der Waals surface area (Å²) in [6.45, 7) is 4.11. The number of aryl methyl sites for hydroxylation is 1. The van der Waals surface area contributed by atoms with Crippen LogP contribution in [-0.4, -0.2) is 61.9 Å². The molecule has 7 nitrogen and oxygen atoms in total. The van der Waals surface area contributed by atoms with Crippen LogP contribution in [0.3, 0.4) is 0 Å². The van der Waals surface area contributed by atoms with Crippen LogP contribution in [0.4, 0.5) is 5.82 Å². The molecule has 0 radical (unpaired) electrons. The molecule has 0 spiro atoms. The van der Waals surface area contributed by atoms with E-state index in [1.54, 1.807) is 20.5 Å². The van der Waals surface area contributed by atoms with Gasteiger partial charge in [-0.25, -0.2) is 9.97 Å². The second-order valence-electron chi connectivity index (χ2n) is 5.25. The summed E-state index contributed by atoms with van der Waals surface area (Å²) in [5.74, 6) is 0.788. The van der Waals surface area contributed by atoms with Gasteiger partial charge >= 0.3 is 0 Å². The maximum atomic E-state index is 11.8. The Morgan fingerprint density at radius 1 is 1.57 bits per heavy atom. The average Bonchev–Trinajstić information content (AvgIpc) is 2.47. The van der Waals surface area contributed by atoms with Crippen molar-refractivity contribution in [3.8, 4) is 0 Å². The number of ether oxygens (including phenoxy) is 2. The van der Waals surface area contributed by atoms with E-state index in [1.165, 1.54) is 0 Å². The number of nitrogens with one attached hydrogen (secondary N) is 1. The number of nitrogens with zero attached hydrogens (tertiary/aromatic N) is 3. The van der Waals surface area contributed by atoms with Crippen LogP contribution < -0.4 is 10.2 Å². The molecule has 1 aromatic rings. The molecular weight excluding hydrogens is 272 g/mol. The second kappa shape index (κ2) is 6.82. The number of rotatable bonds is 5. The van der Waals surface area contributed by atoms with Gasteiger partial charge in [-0.15, -0.1) is 0 Å². The van der Waals surface area contributed by atoms with Crippen LogP contribution in [-0.2, 0) is 14.3 Å². The fourth-order valence-electron chi connectivity index (χ4n) is 2.54. The summed E-state index contributed by atoms with van der Waals surface area (Å²) in [7, 11) is 3.24. The summed E-state index contributed by atoms with van der Waals surface area (Å²) in [5, 5.41) is 2.64. The van der Waals surface area contributed by atoms with Gasteiger partial charge in [0.15, 0.2) is 0 Å². The summed E-state index contributed by atoms with van der Waals surface area (Å²) in [4.78, 5) is 22.3. The molecule has 1 aliphatic heterocycles. The van der Waals surface area contributed by atoms with E-state index in [0.717, 1.165) is 18.1 Å². The van der Waals surface area contributed by atoms with Crippen LogP contribution in [0.15, 0.2) is 12.4 Å². The summed E-state index contributed by atoms with van der Waals surface area (Å²) >= 11 is 0. The predicted octanol–water partition coefficient (Wildman–Crippen LogP) is 0.143. The lowest BCUT2D eigenvalue weighted by Gasteiger charge is -2.42. The van der Waals surface area contributed by atoms with Gasteiger partial charge in [-0.2, -0.15) is 0 Å². The van der Waals surface area contributed by atoms with E-state index < -0.39 is 5.60 Å². The number of aromatic nitrogens is 2. The molecule has 1 fully saturated rings. The summed E-state index contributed by atoms with van der Waals surface area (Å²) < 4.78 is 11.2. The van der Waals surface area contributed by atoms with Crippen molar-refractivity contribution in [3.05, 3.63) is 18.1 Å². The van der Waals surface area contributed by atoms with Crippen LogP contribution in [0.25, 0.3) is 0 Å². The lowest BCUT2D eigenvalue weighted by Crippen LogP contribution is -2.56. The minimum atomic E-state index is -0.647. The first-order chi connectivity index (χ1) is 10.1. The van der Waals surface area contributed by atoms with Gasteiger partial charge in [0.1, 0.15) is 17.7 Å². The summed E-state index contributed by atoms with van der Waals surface area (Å²) in [6.07, 6.45) is 1.81. The normalized spacial score (nSPS) is 22.1. The van der Waals surface area contributed by atoms with Crippen molar-refractivity contribution in [1.29, 1.82) is 0 Å². The Balaban J connectivity index is 2.17. The van der Waals surface area contributed by atoms with Crippen LogP contribution in [0.1, 0.15) is 12.1 Å². The zero-order valence-corrected chi connectivity index (χ0v) is 12.8. The zero-order valence-electron chi connectivity index (χ0n) is 12.8. The van der Waals surface area contributed by atoms with Crippen LogP contribution in [0.5, 0.6) is 0 Å². The monoisotopic (exact) mass is 294 g/mol. The first kappa shape index (κ1) is 15.7. The van der Waals surface area contributed by atoms with E-state index in [2.05, 4.69) is 20.2 Å². The molecule has 1 aromatic heterocycles. The van der Waals surface area contributed by atoms with E-state index in [9.17, 15) is 4.79 Å². The zero-order chi connectivity index (χ0) is 15.3. The molecule has 1 unspecified atom stereocenters. The number of hydrogen-bond donors (Lipinski definition) is 1. The maximum absolute atomic E-state index is 11.8. The average molecular weight is 294 g/mol. The fraction of sp³-hybridized carbons (Fsp3) is 0.643. The van der Waals surface area contributed by atoms with Crippen molar-refractivity contribution in [1.82, 2.24) is 15.3 Å². The van der Waals surface area contributed by atoms with Gasteiger partial charge in [-0.1, -0.05) is 0 Å². The minimum Gasteiger partial charge on any atom is -0.382 e. The lowest BCUT2D eigenvalue weighted by molar-refractivity contribution is -0.137. The molecule has 21 heavy (non-hydrogen) atoms. The van der Waals surface area contributed by atoms with Crippen molar-refractivity contribution in [2.75, 3.05) is 45.4 Å². The largest absolute Gasteiger partial charge is 0.382 e. The molecule has 0 aliphatic carbocycles. The fourth-order valence-corrected chi connectivity index (χ4v) is 2.54. The van der Waals surface area contributed by atoms with E-state index in [-0.39, 0.29) is 12.3 Å². The van der Waals surface area contributed by atoms with Gasteiger partial charge < -0.3 is 19.7 Å². The number of hydrogen-bond acceptors (Lipinski definition) is 6. The number of anilines is 1. The van der Waals surface area contributed by atoms with Crippen molar-refractivity contribution in [2.45, 2.75) is 18.9 Å². The predicted molar refractivity (Wildman–Crippen MR) is 78.2 cm³/mol. The van der Waals surface area contributed by atoms with Crippen molar-refractivity contribution < 1.29 is 14.3 Å². The Kier molecular flexibility index (Phi) is 5.08. The van der Waals surface area contributed by atoms with Gasteiger partial charge in [0.25, 0.3) is 0 Å². The molecule has 1 N–H and O–H groups in total. The smallest absolute Gasteiger partial charge is 0.222 e. The third-order valence-electron chi connectivity index (χ3n) is 3.53. The topological polar surface area (TPSA) is 76.6 Å². The van der Waals surface area contributed by atoms with Crippen molar-refractivity contribution >= 4 is 11.7 Å². The standard InChI is InChI=1S/C14H22N4O3/c1-11-6-12(17-10-16-11)18-4-5-21-14(8-18,9-20-3)7-13(19)15-2/h6,10H,4-5,7-9H2,1-3H3,(H,15,19). The Bertz CT molecular complexity index is 493. The molecule has 1 amide bonds. The quantitative estimate of drug-likeness (QED) is 0.832. The van der Waals surface area contributed by atoms with E-state index in [0.29, 0.717) is 19.8 Å². The Hall–Kier alpha value is -1.73. The number of morpholine rings is 1. The number of methoxy groups -OCH3 is 1. The third-order valence-corrected chi connectivity index (χ3v) is 3.53. The van der Waals surface area contributed by atoms with E-state index in [1.807, 2.05) is 13.0 Å². The summed E-state index contributed by atoms with van der Waals surface area (Å²) in [6, 6.07) is 1.93. The highest BCUT2D eigenvalue weighted by molar-refractivity contribution is 5.77. The first-order valence-electron chi connectivity index (χ1n) is 6.96. The van der Waals surface area contributed by atoms with Gasteiger partial charge in [-0.3, -0.25) is 4.79 Å². The minimum absolute atomic E-state index is 0.0623. The highest BCUT2D eigenvalue weighted by atomic mass is 16.5. The highest BCUT2D eigenvalue weighted by Crippen LogP contribution is 2.25. The maximum Gasteiger partial charge on any atom is 0.222 e. The molecule has 0 bridgehead atoms. The molecule has 1 saturated heterocycles. The molecule has 1 aliphatic rings. The second-order valence-corrected chi connectivity index (χ2v) is 5.25. The molecule has 0 aromatic carbocycles. The number of carbonyl (C=O) groups is 1. The Morgan fingerprint density at radius 2 is 2.38 bits per heavy atom. The number of carbonyl (C=O) groups excluding carboxylic acids is 1. The summed E-state index contributed by atoms with van der Waals surface area (Å²) in [5.41, 5.74) is 0.265.